The molecule has 0 fully saturated rings. The summed E-state index contributed by atoms with van der Waals surface area (Å²) in [5.74, 6) is 0.192. The summed E-state index contributed by atoms with van der Waals surface area (Å²) in [7, 11) is -3.69. The van der Waals surface area contributed by atoms with Gasteiger partial charge >= 0.3 is 0 Å². The van der Waals surface area contributed by atoms with Gasteiger partial charge in [-0.05, 0) is 67.8 Å². The lowest BCUT2D eigenvalue weighted by Crippen LogP contribution is -2.13. The number of anilines is 2. The monoisotopic (exact) mass is 425 g/mol. The standard InChI is InChI=1S/C22H23N3O4S/c1-14-5-9-19(13-15(14)2)25-30(27,28)20-10-6-18(7-11-20)8-12-21-22(23-17(4)26)16(3)24-29-21/h5-13,25H,1-4H3,(H,23,26). The minimum atomic E-state index is -3.69. The second-order valence-electron chi connectivity index (χ2n) is 7.00. The molecule has 3 aromatic rings. The molecule has 0 spiro atoms. The smallest absolute Gasteiger partial charge is 0.261 e. The second-order valence-corrected chi connectivity index (χ2v) is 8.68. The fraction of sp³-hybridized carbons (Fsp3) is 0.182. The van der Waals surface area contributed by atoms with Crippen molar-refractivity contribution >= 4 is 39.5 Å². The molecule has 0 aliphatic heterocycles. The van der Waals surface area contributed by atoms with E-state index in [0.717, 1.165) is 16.7 Å². The molecule has 0 aliphatic rings. The summed E-state index contributed by atoms with van der Waals surface area (Å²) in [6, 6.07) is 11.9. The second kappa shape index (κ2) is 8.54. The lowest BCUT2D eigenvalue weighted by Gasteiger charge is -2.10. The molecule has 0 aliphatic carbocycles. The molecule has 156 valence electrons. The highest BCUT2D eigenvalue weighted by atomic mass is 32.2. The number of carbonyl (C=O) groups is 1. The lowest BCUT2D eigenvalue weighted by atomic mass is 10.1. The molecule has 0 bridgehead atoms. The molecule has 3 rings (SSSR count). The highest BCUT2D eigenvalue weighted by molar-refractivity contribution is 7.92. The number of amides is 1. The number of hydrogen-bond acceptors (Lipinski definition) is 5. The average molecular weight is 426 g/mol. The molecule has 0 saturated heterocycles. The van der Waals surface area contributed by atoms with Gasteiger partial charge in [0.2, 0.25) is 5.91 Å². The van der Waals surface area contributed by atoms with Crippen molar-refractivity contribution in [3.8, 4) is 0 Å². The van der Waals surface area contributed by atoms with E-state index in [9.17, 15) is 13.2 Å². The summed E-state index contributed by atoms with van der Waals surface area (Å²) in [5, 5.41) is 6.53. The van der Waals surface area contributed by atoms with Crippen molar-refractivity contribution in [2.75, 3.05) is 10.0 Å². The summed E-state index contributed by atoms with van der Waals surface area (Å²) in [6.07, 6.45) is 3.42. The predicted molar refractivity (Wildman–Crippen MR) is 118 cm³/mol. The molecule has 30 heavy (non-hydrogen) atoms. The molecule has 0 atom stereocenters. The van der Waals surface area contributed by atoms with Gasteiger partial charge in [-0.2, -0.15) is 0 Å². The van der Waals surface area contributed by atoms with Gasteiger partial charge in [0.1, 0.15) is 11.4 Å². The number of benzene rings is 2. The van der Waals surface area contributed by atoms with Crippen LogP contribution in [0.25, 0.3) is 12.2 Å². The number of aryl methyl sites for hydroxylation is 3. The van der Waals surface area contributed by atoms with Crippen molar-refractivity contribution in [3.63, 3.8) is 0 Å². The molecule has 0 unspecified atom stereocenters. The van der Waals surface area contributed by atoms with Gasteiger partial charge in [-0.3, -0.25) is 9.52 Å². The van der Waals surface area contributed by atoms with E-state index in [1.54, 1.807) is 43.3 Å². The summed E-state index contributed by atoms with van der Waals surface area (Å²) >= 11 is 0. The molecule has 1 heterocycles. The third-order valence-corrected chi connectivity index (χ3v) is 5.96. The lowest BCUT2D eigenvalue weighted by molar-refractivity contribution is -0.114. The van der Waals surface area contributed by atoms with Gasteiger partial charge in [0.25, 0.3) is 10.0 Å². The Bertz CT molecular complexity index is 1210. The quantitative estimate of drug-likeness (QED) is 0.604. The van der Waals surface area contributed by atoms with Crippen LogP contribution < -0.4 is 10.0 Å². The Kier molecular flexibility index (Phi) is 6.07. The molecule has 1 amide bonds. The van der Waals surface area contributed by atoms with Crippen molar-refractivity contribution in [1.82, 2.24) is 5.16 Å². The van der Waals surface area contributed by atoms with Crippen LogP contribution in [0.15, 0.2) is 51.9 Å². The van der Waals surface area contributed by atoms with E-state index >= 15 is 0 Å². The fourth-order valence-corrected chi connectivity index (χ4v) is 3.83. The van der Waals surface area contributed by atoms with Gasteiger partial charge in [-0.15, -0.1) is 0 Å². The highest BCUT2D eigenvalue weighted by Crippen LogP contribution is 2.23. The fourth-order valence-electron chi connectivity index (χ4n) is 2.78. The Morgan fingerprint density at radius 3 is 2.33 bits per heavy atom. The molecular formula is C22H23N3O4S. The zero-order valence-electron chi connectivity index (χ0n) is 17.2. The first-order chi connectivity index (χ1) is 14.2. The number of carbonyl (C=O) groups excluding carboxylic acids is 1. The SMILES string of the molecule is CC(=O)Nc1c(C)noc1C=Cc1ccc(S(=O)(=O)Nc2ccc(C)c(C)c2)cc1. The molecule has 2 N–H and O–H groups in total. The van der Waals surface area contributed by atoms with Crippen LogP contribution in [0.3, 0.4) is 0 Å². The average Bonchev–Trinajstić information content (AvgIpc) is 3.02. The van der Waals surface area contributed by atoms with Gasteiger partial charge < -0.3 is 9.84 Å². The van der Waals surface area contributed by atoms with Crippen molar-refractivity contribution in [2.24, 2.45) is 0 Å². The Balaban J connectivity index is 1.77. The van der Waals surface area contributed by atoms with Crippen LogP contribution in [0.1, 0.15) is 35.1 Å². The first-order valence-corrected chi connectivity index (χ1v) is 10.8. The Hall–Kier alpha value is -3.39. The summed E-state index contributed by atoms with van der Waals surface area (Å²) in [4.78, 5) is 11.5. The van der Waals surface area contributed by atoms with Gasteiger partial charge in [-0.25, -0.2) is 8.42 Å². The molecule has 0 radical (unpaired) electrons. The van der Waals surface area contributed by atoms with Crippen molar-refractivity contribution < 1.29 is 17.7 Å². The molecule has 0 saturated carbocycles. The number of rotatable bonds is 6. The maximum absolute atomic E-state index is 12.6. The van der Waals surface area contributed by atoms with Crippen LogP contribution in [0.5, 0.6) is 0 Å². The van der Waals surface area contributed by atoms with Crippen LogP contribution in [-0.2, 0) is 14.8 Å². The number of aromatic nitrogens is 1. The van der Waals surface area contributed by atoms with Crippen LogP contribution in [0.4, 0.5) is 11.4 Å². The van der Waals surface area contributed by atoms with Gasteiger partial charge in [0.15, 0.2) is 5.76 Å². The molecular weight excluding hydrogens is 402 g/mol. The molecule has 7 nitrogen and oxygen atoms in total. The Morgan fingerprint density at radius 2 is 1.70 bits per heavy atom. The summed E-state index contributed by atoms with van der Waals surface area (Å²) in [5.41, 5.74) is 4.48. The summed E-state index contributed by atoms with van der Waals surface area (Å²) < 4.78 is 33.1. The normalized spacial score (nSPS) is 11.6. The van der Waals surface area contributed by atoms with Crippen LogP contribution in [0.2, 0.25) is 0 Å². The van der Waals surface area contributed by atoms with E-state index in [0.29, 0.717) is 22.8 Å². The number of hydrogen-bond donors (Lipinski definition) is 2. The van der Waals surface area contributed by atoms with E-state index in [2.05, 4.69) is 15.2 Å². The van der Waals surface area contributed by atoms with Crippen LogP contribution in [-0.4, -0.2) is 19.5 Å². The van der Waals surface area contributed by atoms with E-state index in [1.807, 2.05) is 19.9 Å². The third-order valence-electron chi connectivity index (χ3n) is 4.57. The molecule has 8 heteroatoms. The maximum Gasteiger partial charge on any atom is 0.261 e. The maximum atomic E-state index is 12.6. The number of sulfonamides is 1. The minimum absolute atomic E-state index is 0.160. The van der Waals surface area contributed by atoms with Gasteiger partial charge in [-0.1, -0.05) is 29.4 Å². The zero-order chi connectivity index (χ0) is 21.9. The van der Waals surface area contributed by atoms with E-state index in [1.165, 1.54) is 19.1 Å². The van der Waals surface area contributed by atoms with Crippen molar-refractivity contribution in [3.05, 3.63) is 70.6 Å². The van der Waals surface area contributed by atoms with Crippen molar-refractivity contribution in [2.45, 2.75) is 32.6 Å². The van der Waals surface area contributed by atoms with E-state index < -0.39 is 10.0 Å². The Labute approximate surface area is 175 Å². The largest absolute Gasteiger partial charge is 0.354 e. The highest BCUT2D eigenvalue weighted by Gasteiger charge is 2.15. The van der Waals surface area contributed by atoms with Crippen molar-refractivity contribution in [1.29, 1.82) is 0 Å². The molecule has 2 aromatic carbocycles. The Morgan fingerprint density at radius 1 is 1.00 bits per heavy atom. The van der Waals surface area contributed by atoms with Gasteiger partial charge in [0.05, 0.1) is 4.90 Å². The van der Waals surface area contributed by atoms with E-state index in [4.69, 9.17) is 4.52 Å². The zero-order valence-corrected chi connectivity index (χ0v) is 18.0. The predicted octanol–water partition coefficient (Wildman–Crippen LogP) is 4.53. The first kappa shape index (κ1) is 21.3. The first-order valence-electron chi connectivity index (χ1n) is 9.28. The van der Waals surface area contributed by atoms with Crippen LogP contribution >= 0.6 is 0 Å². The van der Waals surface area contributed by atoms with Gasteiger partial charge in [0, 0.05) is 12.6 Å². The topological polar surface area (TPSA) is 101 Å². The number of nitrogens with zero attached hydrogens (tertiary/aromatic N) is 1. The summed E-state index contributed by atoms with van der Waals surface area (Å²) in [6.45, 7) is 7.04. The molecule has 1 aromatic heterocycles. The van der Waals surface area contributed by atoms with E-state index in [-0.39, 0.29) is 10.8 Å². The third kappa shape index (κ3) is 4.96. The van der Waals surface area contributed by atoms with Crippen LogP contribution in [0, 0.1) is 20.8 Å². The number of nitrogens with one attached hydrogen (secondary N) is 2. The minimum Gasteiger partial charge on any atom is -0.354 e.